The zero-order valence-corrected chi connectivity index (χ0v) is 11.2. The van der Waals surface area contributed by atoms with Gasteiger partial charge in [-0.05, 0) is 42.5 Å². The molecule has 0 amide bonds. The Balaban J connectivity index is 3.33. The van der Waals surface area contributed by atoms with Crippen molar-refractivity contribution in [2.24, 2.45) is 0 Å². The van der Waals surface area contributed by atoms with E-state index in [4.69, 9.17) is 9.47 Å². The summed E-state index contributed by atoms with van der Waals surface area (Å²) in [5.41, 5.74) is 3.38. The Morgan fingerprint density at radius 2 is 1.88 bits per heavy atom. The number of carbonyl (C=O) groups excluding carboxylic acids is 1. The number of ether oxygens (including phenoxy) is 2. The van der Waals surface area contributed by atoms with Gasteiger partial charge in [0.1, 0.15) is 6.29 Å². The van der Waals surface area contributed by atoms with Gasteiger partial charge in [-0.2, -0.15) is 0 Å². The molecular weight excluding hydrogens is 216 g/mol. The summed E-state index contributed by atoms with van der Waals surface area (Å²) < 4.78 is 10.7. The van der Waals surface area contributed by atoms with Crippen molar-refractivity contribution >= 4 is 6.29 Å². The summed E-state index contributed by atoms with van der Waals surface area (Å²) in [5, 5.41) is 0. The largest absolute Gasteiger partial charge is 0.493 e. The molecule has 0 aliphatic heterocycles. The molecule has 0 N–H and O–H groups in total. The number of methoxy groups -OCH3 is 2. The average molecular weight is 236 g/mol. The molecule has 1 unspecified atom stereocenters. The topological polar surface area (TPSA) is 35.5 Å². The minimum absolute atomic E-state index is 0.200. The number of carbonyl (C=O) groups is 1. The minimum atomic E-state index is 0.200. The monoisotopic (exact) mass is 236 g/mol. The molecule has 0 saturated carbocycles. The van der Waals surface area contributed by atoms with Crippen LogP contribution in [0, 0.1) is 13.8 Å². The Kier molecular flexibility index (Phi) is 4.55. The maximum absolute atomic E-state index is 10.6. The molecule has 17 heavy (non-hydrogen) atoms. The highest BCUT2D eigenvalue weighted by molar-refractivity contribution is 5.57. The molecule has 1 atom stereocenters. The van der Waals surface area contributed by atoms with E-state index in [1.807, 2.05) is 26.8 Å². The van der Waals surface area contributed by atoms with Crippen LogP contribution in [-0.4, -0.2) is 20.5 Å². The zero-order chi connectivity index (χ0) is 13.0. The van der Waals surface area contributed by atoms with E-state index in [2.05, 4.69) is 0 Å². The van der Waals surface area contributed by atoms with E-state index in [1.165, 1.54) is 0 Å². The first-order valence-electron chi connectivity index (χ1n) is 5.72. The van der Waals surface area contributed by atoms with Gasteiger partial charge in [0.25, 0.3) is 0 Å². The number of benzene rings is 1. The summed E-state index contributed by atoms with van der Waals surface area (Å²) in [6, 6.07) is 1.97. The minimum Gasteiger partial charge on any atom is -0.493 e. The van der Waals surface area contributed by atoms with Crippen molar-refractivity contribution < 1.29 is 14.3 Å². The van der Waals surface area contributed by atoms with Crippen LogP contribution in [0.2, 0.25) is 0 Å². The third-order valence-corrected chi connectivity index (χ3v) is 3.25. The van der Waals surface area contributed by atoms with E-state index in [-0.39, 0.29) is 5.92 Å². The zero-order valence-electron chi connectivity index (χ0n) is 11.2. The second-order valence-electron chi connectivity index (χ2n) is 4.25. The molecule has 0 saturated heterocycles. The molecule has 3 nitrogen and oxygen atoms in total. The van der Waals surface area contributed by atoms with Crippen LogP contribution in [0.25, 0.3) is 0 Å². The summed E-state index contributed by atoms with van der Waals surface area (Å²) in [6.45, 7) is 6.10. The van der Waals surface area contributed by atoms with Gasteiger partial charge in [0.2, 0.25) is 0 Å². The second-order valence-corrected chi connectivity index (χ2v) is 4.25. The second kappa shape index (κ2) is 5.71. The first kappa shape index (κ1) is 13.6. The predicted molar refractivity (Wildman–Crippen MR) is 68.1 cm³/mol. The molecule has 1 aromatic rings. The van der Waals surface area contributed by atoms with E-state index >= 15 is 0 Å². The van der Waals surface area contributed by atoms with Gasteiger partial charge in [0, 0.05) is 6.42 Å². The van der Waals surface area contributed by atoms with Gasteiger partial charge in [0.15, 0.2) is 11.5 Å². The Hall–Kier alpha value is -1.51. The van der Waals surface area contributed by atoms with E-state index in [0.29, 0.717) is 6.42 Å². The Morgan fingerprint density at radius 3 is 2.35 bits per heavy atom. The third-order valence-electron chi connectivity index (χ3n) is 3.25. The van der Waals surface area contributed by atoms with Crippen molar-refractivity contribution in [2.45, 2.75) is 33.1 Å². The lowest BCUT2D eigenvalue weighted by molar-refractivity contribution is -0.108. The molecule has 0 fully saturated rings. The number of rotatable bonds is 5. The maximum Gasteiger partial charge on any atom is 0.163 e. The molecule has 1 aromatic carbocycles. The lowest BCUT2D eigenvalue weighted by Crippen LogP contribution is -2.03. The lowest BCUT2D eigenvalue weighted by atomic mass is 9.91. The first-order chi connectivity index (χ1) is 8.06. The van der Waals surface area contributed by atoms with Crippen molar-refractivity contribution in [1.82, 2.24) is 0 Å². The van der Waals surface area contributed by atoms with E-state index in [1.54, 1.807) is 14.2 Å². The van der Waals surface area contributed by atoms with Gasteiger partial charge in [-0.1, -0.05) is 6.92 Å². The van der Waals surface area contributed by atoms with Crippen LogP contribution in [0.15, 0.2) is 6.07 Å². The Labute approximate surface area is 103 Å². The standard InChI is InChI=1S/C14H20O3/c1-9(6-7-15)12-8-13(16-4)14(17-5)11(3)10(12)2/h7-9H,6H2,1-5H3. The van der Waals surface area contributed by atoms with Gasteiger partial charge < -0.3 is 14.3 Å². The fraction of sp³-hybridized carbons (Fsp3) is 0.500. The van der Waals surface area contributed by atoms with Crippen molar-refractivity contribution in [3.05, 3.63) is 22.8 Å². The fourth-order valence-corrected chi connectivity index (χ4v) is 2.08. The van der Waals surface area contributed by atoms with Gasteiger partial charge >= 0.3 is 0 Å². The summed E-state index contributed by atoms with van der Waals surface area (Å²) in [5.74, 6) is 1.70. The maximum atomic E-state index is 10.6. The van der Waals surface area contributed by atoms with Crippen molar-refractivity contribution in [2.75, 3.05) is 14.2 Å². The van der Waals surface area contributed by atoms with Crippen LogP contribution in [0.3, 0.4) is 0 Å². The fourth-order valence-electron chi connectivity index (χ4n) is 2.08. The summed E-state index contributed by atoms with van der Waals surface area (Å²) in [7, 11) is 3.26. The molecule has 0 heterocycles. The molecule has 0 spiro atoms. The normalized spacial score (nSPS) is 12.1. The van der Waals surface area contributed by atoms with Gasteiger partial charge in [-0.15, -0.1) is 0 Å². The molecule has 0 radical (unpaired) electrons. The number of hydrogen-bond donors (Lipinski definition) is 0. The van der Waals surface area contributed by atoms with Crippen LogP contribution in [0.1, 0.15) is 36.0 Å². The molecule has 94 valence electrons. The number of aldehydes is 1. The highest BCUT2D eigenvalue weighted by atomic mass is 16.5. The number of hydrogen-bond acceptors (Lipinski definition) is 3. The lowest BCUT2D eigenvalue weighted by Gasteiger charge is -2.19. The Bertz CT molecular complexity index is 410. The van der Waals surface area contributed by atoms with E-state index in [9.17, 15) is 4.79 Å². The van der Waals surface area contributed by atoms with E-state index < -0.39 is 0 Å². The highest BCUT2D eigenvalue weighted by Crippen LogP contribution is 2.38. The molecule has 1 rings (SSSR count). The molecule has 0 bridgehead atoms. The summed E-state index contributed by atoms with van der Waals surface area (Å²) in [6.07, 6.45) is 1.48. The van der Waals surface area contributed by atoms with Crippen molar-refractivity contribution in [1.29, 1.82) is 0 Å². The predicted octanol–water partition coefficient (Wildman–Crippen LogP) is 3.01. The van der Waals surface area contributed by atoms with Crippen molar-refractivity contribution in [3.63, 3.8) is 0 Å². The van der Waals surface area contributed by atoms with Crippen LogP contribution in [0.5, 0.6) is 11.5 Å². The van der Waals surface area contributed by atoms with Crippen LogP contribution >= 0.6 is 0 Å². The molecule has 0 aliphatic rings. The first-order valence-corrected chi connectivity index (χ1v) is 5.72. The van der Waals surface area contributed by atoms with Gasteiger partial charge in [0.05, 0.1) is 14.2 Å². The molecular formula is C14H20O3. The smallest absolute Gasteiger partial charge is 0.163 e. The van der Waals surface area contributed by atoms with Crippen LogP contribution in [-0.2, 0) is 4.79 Å². The van der Waals surface area contributed by atoms with Crippen LogP contribution in [0.4, 0.5) is 0 Å². The third kappa shape index (κ3) is 2.60. The summed E-state index contributed by atoms with van der Waals surface area (Å²) in [4.78, 5) is 10.6. The summed E-state index contributed by atoms with van der Waals surface area (Å²) >= 11 is 0. The molecule has 0 aliphatic carbocycles. The van der Waals surface area contributed by atoms with Gasteiger partial charge in [-0.25, -0.2) is 0 Å². The average Bonchev–Trinajstić information content (AvgIpc) is 2.32. The van der Waals surface area contributed by atoms with Gasteiger partial charge in [-0.3, -0.25) is 0 Å². The quantitative estimate of drug-likeness (QED) is 0.737. The van der Waals surface area contributed by atoms with Crippen molar-refractivity contribution in [3.8, 4) is 11.5 Å². The van der Waals surface area contributed by atoms with Crippen LogP contribution < -0.4 is 9.47 Å². The SMILES string of the molecule is COc1cc(C(C)CC=O)c(C)c(C)c1OC. The molecule has 3 heteroatoms. The molecule has 0 aromatic heterocycles. The highest BCUT2D eigenvalue weighted by Gasteiger charge is 2.17. The van der Waals surface area contributed by atoms with E-state index in [0.717, 1.165) is 34.5 Å². The Morgan fingerprint density at radius 1 is 1.24 bits per heavy atom.